The van der Waals surface area contributed by atoms with Gasteiger partial charge < -0.3 is 4.42 Å². The minimum absolute atomic E-state index is 0.0448. The van der Waals surface area contributed by atoms with Crippen LogP contribution in [0.5, 0.6) is 0 Å². The Morgan fingerprint density at radius 3 is 2.67 bits per heavy atom. The lowest BCUT2D eigenvalue weighted by atomic mass is 10.0. The van der Waals surface area contributed by atoms with Crippen LogP contribution < -0.4 is 0 Å². The van der Waals surface area contributed by atoms with Crippen molar-refractivity contribution in [3.05, 3.63) is 58.8 Å². The van der Waals surface area contributed by atoms with Crippen LogP contribution in [0.3, 0.4) is 0 Å². The molecule has 0 unspecified atom stereocenters. The molecule has 0 saturated heterocycles. The van der Waals surface area contributed by atoms with Gasteiger partial charge in [0.15, 0.2) is 0 Å². The minimum atomic E-state index is -0.537. The summed E-state index contributed by atoms with van der Waals surface area (Å²) in [5, 5.41) is 10.6. The van der Waals surface area contributed by atoms with Crippen molar-refractivity contribution in [1.82, 2.24) is 4.57 Å². The normalized spacial score (nSPS) is 12.2. The molecule has 0 aliphatic carbocycles. The highest BCUT2D eigenvalue weighted by molar-refractivity contribution is 5.79. The van der Waals surface area contributed by atoms with Gasteiger partial charge in [-0.1, -0.05) is 0 Å². The lowest BCUT2D eigenvalue weighted by Crippen LogP contribution is -2.19. The molecule has 0 aromatic carbocycles. The van der Waals surface area contributed by atoms with E-state index in [4.69, 9.17) is 4.42 Å². The summed E-state index contributed by atoms with van der Waals surface area (Å²) in [6.45, 7) is -0.319. The average Bonchev–Trinajstić information content (AvgIpc) is 3.01. The van der Waals surface area contributed by atoms with Crippen LogP contribution in [0, 0.1) is 10.1 Å². The molecule has 0 fully saturated rings. The maximum Gasteiger partial charge on any atom is 0.231 e. The number of rotatable bonds is 5. The minimum Gasteiger partial charge on any atom is -0.469 e. The predicted octanol–water partition coefficient (Wildman–Crippen LogP) is 2.17. The maximum absolute atomic E-state index is 11.9. The maximum atomic E-state index is 11.9. The first-order valence-corrected chi connectivity index (χ1v) is 5.48. The summed E-state index contributed by atoms with van der Waals surface area (Å²) in [5.74, 6) is -0.264. The van der Waals surface area contributed by atoms with Gasteiger partial charge in [0.25, 0.3) is 0 Å². The smallest absolute Gasteiger partial charge is 0.231 e. The lowest BCUT2D eigenvalue weighted by Gasteiger charge is -2.09. The van der Waals surface area contributed by atoms with Crippen LogP contribution in [0.1, 0.15) is 22.9 Å². The van der Waals surface area contributed by atoms with E-state index >= 15 is 0 Å². The second-order valence-electron chi connectivity index (χ2n) is 3.92. The Morgan fingerprint density at radius 1 is 1.39 bits per heavy atom. The third-order valence-corrected chi connectivity index (χ3v) is 2.63. The van der Waals surface area contributed by atoms with Crippen molar-refractivity contribution < 1.29 is 14.1 Å². The first kappa shape index (κ1) is 12.1. The van der Waals surface area contributed by atoms with Crippen molar-refractivity contribution in [2.75, 3.05) is 6.54 Å². The van der Waals surface area contributed by atoms with Crippen LogP contribution in [0.15, 0.2) is 47.3 Å². The Balaban J connectivity index is 2.11. The monoisotopic (exact) mass is 248 g/mol. The zero-order valence-electron chi connectivity index (χ0n) is 9.56. The van der Waals surface area contributed by atoms with Crippen LogP contribution in [0.4, 0.5) is 0 Å². The van der Waals surface area contributed by atoms with Gasteiger partial charge in [0.2, 0.25) is 12.5 Å². The molecule has 0 saturated carbocycles. The van der Waals surface area contributed by atoms with E-state index in [0.717, 1.165) is 0 Å². The Labute approximate surface area is 103 Å². The van der Waals surface area contributed by atoms with Gasteiger partial charge in [-0.2, -0.15) is 0 Å². The Kier molecular flexibility index (Phi) is 3.57. The summed E-state index contributed by atoms with van der Waals surface area (Å²) >= 11 is 0. The standard InChI is InChI=1S/C12H12N2O4/c15-12(13-5-1-2-6-13)8-10(9-14(16)17)11-4-3-7-18-11/h1-7,10H,8-9H2/t10-/m1/s1. The van der Waals surface area contributed by atoms with Crippen molar-refractivity contribution in [3.8, 4) is 0 Å². The molecule has 0 spiro atoms. The molecule has 18 heavy (non-hydrogen) atoms. The fourth-order valence-corrected chi connectivity index (χ4v) is 1.78. The third kappa shape index (κ3) is 2.85. The van der Waals surface area contributed by atoms with E-state index in [2.05, 4.69) is 0 Å². The van der Waals surface area contributed by atoms with E-state index in [9.17, 15) is 14.9 Å². The zero-order chi connectivity index (χ0) is 13.0. The number of hydrogen-bond acceptors (Lipinski definition) is 4. The van der Waals surface area contributed by atoms with Gasteiger partial charge in [-0.15, -0.1) is 0 Å². The molecule has 0 amide bonds. The summed E-state index contributed by atoms with van der Waals surface area (Å²) in [7, 11) is 0. The number of hydrogen-bond donors (Lipinski definition) is 0. The average molecular weight is 248 g/mol. The Hall–Kier alpha value is -2.37. The molecule has 0 radical (unpaired) electrons. The second kappa shape index (κ2) is 5.31. The molecule has 1 atom stereocenters. The van der Waals surface area contributed by atoms with E-state index in [1.54, 1.807) is 36.7 Å². The second-order valence-corrected chi connectivity index (χ2v) is 3.92. The highest BCUT2D eigenvalue weighted by Crippen LogP contribution is 2.21. The van der Waals surface area contributed by atoms with Gasteiger partial charge in [-0.3, -0.25) is 19.5 Å². The number of aromatic nitrogens is 1. The Morgan fingerprint density at radius 2 is 2.11 bits per heavy atom. The van der Waals surface area contributed by atoms with Crippen molar-refractivity contribution in [2.45, 2.75) is 12.3 Å². The largest absolute Gasteiger partial charge is 0.469 e. The van der Waals surface area contributed by atoms with Crippen LogP contribution >= 0.6 is 0 Å². The molecule has 2 aromatic heterocycles. The third-order valence-electron chi connectivity index (χ3n) is 2.63. The topological polar surface area (TPSA) is 78.3 Å². The van der Waals surface area contributed by atoms with E-state index < -0.39 is 10.8 Å². The van der Waals surface area contributed by atoms with Gasteiger partial charge in [-0.25, -0.2) is 0 Å². The van der Waals surface area contributed by atoms with Gasteiger partial charge in [-0.05, 0) is 24.3 Å². The SMILES string of the molecule is O=C(C[C@H](C[N+](=O)[O-])c1ccco1)n1cccc1. The molecule has 94 valence electrons. The first-order valence-electron chi connectivity index (χ1n) is 5.48. The Bertz CT molecular complexity index is 516. The van der Waals surface area contributed by atoms with Gasteiger partial charge in [0.1, 0.15) is 5.76 Å². The van der Waals surface area contributed by atoms with E-state index in [0.29, 0.717) is 5.76 Å². The summed E-state index contributed by atoms with van der Waals surface area (Å²) in [6, 6.07) is 6.76. The summed E-state index contributed by atoms with van der Waals surface area (Å²) < 4.78 is 6.56. The fourth-order valence-electron chi connectivity index (χ4n) is 1.78. The van der Waals surface area contributed by atoms with Crippen molar-refractivity contribution >= 4 is 5.91 Å². The number of carbonyl (C=O) groups excluding carboxylic acids is 1. The molecule has 2 heterocycles. The molecule has 0 bridgehead atoms. The molecule has 2 rings (SSSR count). The highest BCUT2D eigenvalue weighted by Gasteiger charge is 2.24. The molecule has 2 aromatic rings. The number of nitrogens with zero attached hydrogens (tertiary/aromatic N) is 2. The number of furan rings is 1. The van der Waals surface area contributed by atoms with Gasteiger partial charge in [0, 0.05) is 23.7 Å². The van der Waals surface area contributed by atoms with Crippen LogP contribution in [-0.2, 0) is 0 Å². The molecular weight excluding hydrogens is 236 g/mol. The number of nitro groups is 1. The van der Waals surface area contributed by atoms with Gasteiger partial charge >= 0.3 is 0 Å². The molecular formula is C12H12N2O4. The zero-order valence-corrected chi connectivity index (χ0v) is 9.56. The van der Waals surface area contributed by atoms with Crippen molar-refractivity contribution in [3.63, 3.8) is 0 Å². The van der Waals surface area contributed by atoms with Crippen molar-refractivity contribution in [2.24, 2.45) is 0 Å². The quantitative estimate of drug-likeness (QED) is 0.600. The highest BCUT2D eigenvalue weighted by atomic mass is 16.6. The van der Waals surface area contributed by atoms with Gasteiger partial charge in [0.05, 0.1) is 12.2 Å². The van der Waals surface area contributed by atoms with Crippen molar-refractivity contribution in [1.29, 1.82) is 0 Å². The van der Waals surface area contributed by atoms with E-state index in [-0.39, 0.29) is 18.9 Å². The summed E-state index contributed by atoms with van der Waals surface area (Å²) in [4.78, 5) is 22.1. The predicted molar refractivity (Wildman–Crippen MR) is 63.0 cm³/mol. The molecule has 0 N–H and O–H groups in total. The van der Waals surface area contributed by atoms with E-state index in [1.807, 2.05) is 0 Å². The number of carbonyl (C=O) groups is 1. The lowest BCUT2D eigenvalue weighted by molar-refractivity contribution is -0.483. The first-order chi connectivity index (χ1) is 8.66. The fraction of sp³-hybridized carbons (Fsp3) is 0.250. The molecule has 6 nitrogen and oxygen atoms in total. The molecule has 6 heteroatoms. The van der Waals surface area contributed by atoms with E-state index in [1.165, 1.54) is 10.8 Å². The summed E-state index contributed by atoms with van der Waals surface area (Å²) in [5.41, 5.74) is 0. The van der Waals surface area contributed by atoms with Crippen LogP contribution in [0.2, 0.25) is 0 Å². The molecule has 0 aliphatic heterocycles. The summed E-state index contributed by atoms with van der Waals surface area (Å²) in [6.07, 6.45) is 4.73. The van der Waals surface area contributed by atoms with Crippen LogP contribution in [0.25, 0.3) is 0 Å². The molecule has 0 aliphatic rings. The van der Waals surface area contributed by atoms with Crippen LogP contribution in [-0.4, -0.2) is 21.9 Å².